The first kappa shape index (κ1) is 19.5. The average Bonchev–Trinajstić information content (AvgIpc) is 2.50. The van der Waals surface area contributed by atoms with Crippen LogP contribution in [-0.2, 0) is 4.79 Å². The van der Waals surface area contributed by atoms with Crippen LogP contribution < -0.4 is 16.0 Å². The van der Waals surface area contributed by atoms with E-state index >= 15 is 0 Å². The number of hydrogen-bond acceptors (Lipinski definition) is 3. The predicted molar refractivity (Wildman–Crippen MR) is 95.3 cm³/mol. The second-order valence-corrected chi connectivity index (χ2v) is 5.83. The molecule has 0 spiro atoms. The van der Waals surface area contributed by atoms with E-state index in [0.29, 0.717) is 24.4 Å². The zero-order chi connectivity index (χ0) is 15.9. The maximum Gasteiger partial charge on any atom is 0.251 e. The molecule has 0 radical (unpaired) electrons. The van der Waals surface area contributed by atoms with Crippen molar-refractivity contribution in [3.8, 4) is 0 Å². The molecule has 1 aromatic carbocycles. The van der Waals surface area contributed by atoms with Crippen LogP contribution >= 0.6 is 12.4 Å². The molecular formula is C17H26ClN3O2. The van der Waals surface area contributed by atoms with E-state index in [0.717, 1.165) is 37.2 Å². The van der Waals surface area contributed by atoms with E-state index in [4.69, 9.17) is 0 Å². The predicted octanol–water partition coefficient (Wildman–Crippen LogP) is 2.49. The van der Waals surface area contributed by atoms with Gasteiger partial charge in [0.15, 0.2) is 0 Å². The zero-order valence-corrected chi connectivity index (χ0v) is 14.6. The van der Waals surface area contributed by atoms with Crippen molar-refractivity contribution >= 4 is 29.9 Å². The molecule has 1 aliphatic heterocycles. The fourth-order valence-electron chi connectivity index (χ4n) is 2.71. The van der Waals surface area contributed by atoms with Crippen molar-refractivity contribution in [3.63, 3.8) is 0 Å². The van der Waals surface area contributed by atoms with Gasteiger partial charge in [0.05, 0.1) is 0 Å². The van der Waals surface area contributed by atoms with Gasteiger partial charge in [-0.05, 0) is 63.4 Å². The topological polar surface area (TPSA) is 70.2 Å². The highest BCUT2D eigenvalue weighted by molar-refractivity contribution is 5.97. The molecule has 2 rings (SSSR count). The average molecular weight is 340 g/mol. The second kappa shape index (κ2) is 9.53. The normalized spacial score (nSPS) is 14.7. The summed E-state index contributed by atoms with van der Waals surface area (Å²) in [5.41, 5.74) is 2.26. The van der Waals surface area contributed by atoms with Crippen LogP contribution in [0.4, 0.5) is 5.69 Å². The number of aryl methyl sites for hydroxylation is 1. The standard InChI is InChI=1S/C17H25N3O2.ClH/c1-3-19-17(22)14-5-4-12(2)15(11-14)20-16(21)10-13-6-8-18-9-7-13;/h4-5,11,13,18H,3,6-10H2,1-2H3,(H,19,22)(H,20,21);1H. The van der Waals surface area contributed by atoms with Gasteiger partial charge >= 0.3 is 0 Å². The lowest BCUT2D eigenvalue weighted by molar-refractivity contribution is -0.117. The molecule has 0 aromatic heterocycles. The van der Waals surface area contributed by atoms with Crippen molar-refractivity contribution in [2.45, 2.75) is 33.1 Å². The summed E-state index contributed by atoms with van der Waals surface area (Å²) in [4.78, 5) is 24.1. The summed E-state index contributed by atoms with van der Waals surface area (Å²) in [6.45, 7) is 6.38. The van der Waals surface area contributed by atoms with Crippen molar-refractivity contribution < 1.29 is 9.59 Å². The van der Waals surface area contributed by atoms with Crippen molar-refractivity contribution in [3.05, 3.63) is 29.3 Å². The van der Waals surface area contributed by atoms with Gasteiger partial charge in [-0.3, -0.25) is 9.59 Å². The Morgan fingerprint density at radius 1 is 1.26 bits per heavy atom. The maximum atomic E-state index is 12.2. The number of anilines is 1. The van der Waals surface area contributed by atoms with Crippen LogP contribution in [0.15, 0.2) is 18.2 Å². The van der Waals surface area contributed by atoms with E-state index in [1.165, 1.54) is 0 Å². The van der Waals surface area contributed by atoms with Gasteiger partial charge in [-0.15, -0.1) is 12.4 Å². The van der Waals surface area contributed by atoms with Gasteiger partial charge in [0.1, 0.15) is 0 Å². The van der Waals surface area contributed by atoms with Crippen LogP contribution in [0, 0.1) is 12.8 Å². The minimum atomic E-state index is -0.114. The smallest absolute Gasteiger partial charge is 0.251 e. The van der Waals surface area contributed by atoms with Crippen LogP contribution in [0.1, 0.15) is 42.1 Å². The molecule has 5 nitrogen and oxygen atoms in total. The third-order valence-corrected chi connectivity index (χ3v) is 4.04. The molecule has 128 valence electrons. The Morgan fingerprint density at radius 2 is 1.96 bits per heavy atom. The van der Waals surface area contributed by atoms with Gasteiger partial charge in [-0.25, -0.2) is 0 Å². The highest BCUT2D eigenvalue weighted by atomic mass is 35.5. The van der Waals surface area contributed by atoms with Gasteiger partial charge in [0, 0.05) is 24.2 Å². The molecule has 23 heavy (non-hydrogen) atoms. The monoisotopic (exact) mass is 339 g/mol. The number of hydrogen-bond donors (Lipinski definition) is 3. The Kier molecular flexibility index (Phi) is 8.06. The lowest BCUT2D eigenvalue weighted by atomic mass is 9.94. The van der Waals surface area contributed by atoms with E-state index in [1.54, 1.807) is 12.1 Å². The molecule has 1 aliphatic rings. The van der Waals surface area contributed by atoms with Crippen LogP contribution in [0.25, 0.3) is 0 Å². The molecule has 0 bridgehead atoms. The first-order chi connectivity index (χ1) is 10.6. The SMILES string of the molecule is CCNC(=O)c1ccc(C)c(NC(=O)CC2CCNCC2)c1.Cl. The Labute approximate surface area is 144 Å². The Hall–Kier alpha value is -1.59. The third kappa shape index (κ3) is 5.84. The molecular weight excluding hydrogens is 314 g/mol. The number of benzene rings is 1. The molecule has 1 heterocycles. The van der Waals surface area contributed by atoms with E-state index in [2.05, 4.69) is 16.0 Å². The molecule has 0 unspecified atom stereocenters. The first-order valence-corrected chi connectivity index (χ1v) is 7.99. The second-order valence-electron chi connectivity index (χ2n) is 5.83. The quantitative estimate of drug-likeness (QED) is 0.772. The molecule has 1 fully saturated rings. The van der Waals surface area contributed by atoms with Gasteiger partial charge in [0.25, 0.3) is 5.91 Å². The summed E-state index contributed by atoms with van der Waals surface area (Å²) < 4.78 is 0. The molecule has 6 heteroatoms. The van der Waals surface area contributed by atoms with Crippen molar-refractivity contribution in [1.29, 1.82) is 0 Å². The summed E-state index contributed by atoms with van der Waals surface area (Å²) in [7, 11) is 0. The fraction of sp³-hybridized carbons (Fsp3) is 0.529. The molecule has 0 atom stereocenters. The van der Waals surface area contributed by atoms with Crippen LogP contribution in [0.2, 0.25) is 0 Å². The van der Waals surface area contributed by atoms with E-state index in [-0.39, 0.29) is 24.2 Å². The summed E-state index contributed by atoms with van der Waals surface area (Å²) in [5.74, 6) is 0.368. The summed E-state index contributed by atoms with van der Waals surface area (Å²) in [5, 5.41) is 9.03. The van der Waals surface area contributed by atoms with E-state index < -0.39 is 0 Å². The minimum absolute atomic E-state index is 0. The lowest BCUT2D eigenvalue weighted by Gasteiger charge is -2.22. The van der Waals surface area contributed by atoms with E-state index in [1.807, 2.05) is 19.9 Å². The molecule has 1 saturated heterocycles. The lowest BCUT2D eigenvalue weighted by Crippen LogP contribution is -2.30. The molecule has 0 aliphatic carbocycles. The summed E-state index contributed by atoms with van der Waals surface area (Å²) in [6, 6.07) is 5.40. The fourth-order valence-corrected chi connectivity index (χ4v) is 2.71. The summed E-state index contributed by atoms with van der Waals surface area (Å²) in [6.07, 6.45) is 2.64. The van der Waals surface area contributed by atoms with Gasteiger partial charge < -0.3 is 16.0 Å². The molecule has 0 saturated carbocycles. The van der Waals surface area contributed by atoms with Crippen molar-refractivity contribution in [1.82, 2.24) is 10.6 Å². The number of carbonyl (C=O) groups is 2. The summed E-state index contributed by atoms with van der Waals surface area (Å²) >= 11 is 0. The minimum Gasteiger partial charge on any atom is -0.352 e. The highest BCUT2D eigenvalue weighted by Crippen LogP contribution is 2.20. The number of amides is 2. The number of piperidine rings is 1. The van der Waals surface area contributed by atoms with Crippen molar-refractivity contribution in [2.24, 2.45) is 5.92 Å². The number of carbonyl (C=O) groups excluding carboxylic acids is 2. The number of nitrogens with one attached hydrogen (secondary N) is 3. The Morgan fingerprint density at radius 3 is 2.61 bits per heavy atom. The largest absolute Gasteiger partial charge is 0.352 e. The Bertz CT molecular complexity index is 543. The Balaban J connectivity index is 0.00000264. The van der Waals surface area contributed by atoms with Gasteiger partial charge in [-0.1, -0.05) is 6.07 Å². The van der Waals surface area contributed by atoms with Crippen LogP contribution in [0.3, 0.4) is 0 Å². The third-order valence-electron chi connectivity index (χ3n) is 4.04. The highest BCUT2D eigenvalue weighted by Gasteiger charge is 2.17. The van der Waals surface area contributed by atoms with Crippen LogP contribution in [0.5, 0.6) is 0 Å². The molecule has 1 aromatic rings. The van der Waals surface area contributed by atoms with Crippen molar-refractivity contribution in [2.75, 3.05) is 25.0 Å². The maximum absolute atomic E-state index is 12.2. The van der Waals surface area contributed by atoms with Gasteiger partial charge in [0.2, 0.25) is 5.91 Å². The molecule has 2 amide bonds. The van der Waals surface area contributed by atoms with E-state index in [9.17, 15) is 9.59 Å². The molecule has 3 N–H and O–H groups in total. The first-order valence-electron chi connectivity index (χ1n) is 7.99. The van der Waals surface area contributed by atoms with Crippen LogP contribution in [-0.4, -0.2) is 31.4 Å². The number of halogens is 1. The van der Waals surface area contributed by atoms with Gasteiger partial charge in [-0.2, -0.15) is 0 Å². The zero-order valence-electron chi connectivity index (χ0n) is 13.8. The number of rotatable bonds is 5.